The summed E-state index contributed by atoms with van der Waals surface area (Å²) in [6.07, 6.45) is 4.59. The maximum Gasteiger partial charge on any atom is 0.228 e. The SMILES string of the molecule is O=C(Cc1csc(-c2cccs2)n1)N1CCCC(CN2CCN(c3ccccn3)CC2)C1. The van der Waals surface area contributed by atoms with Crippen molar-refractivity contribution in [2.45, 2.75) is 19.3 Å². The van der Waals surface area contributed by atoms with Crippen LogP contribution in [0.1, 0.15) is 18.5 Å². The molecule has 0 spiro atoms. The lowest BCUT2D eigenvalue weighted by Crippen LogP contribution is -2.50. The third-order valence-corrected chi connectivity index (χ3v) is 8.28. The number of nitrogens with zero attached hydrogens (tertiary/aromatic N) is 5. The number of pyridine rings is 1. The minimum atomic E-state index is 0.220. The van der Waals surface area contributed by atoms with Gasteiger partial charge in [0, 0.05) is 57.4 Å². The Hall–Kier alpha value is -2.29. The molecule has 1 amide bonds. The standard InChI is InChI=1S/C24H29N5OS2/c30-23(15-20-18-32-24(26-20)21-6-4-14-31-21)29-9-3-5-19(17-29)16-27-10-12-28(13-11-27)22-7-1-2-8-25-22/h1-2,4,6-8,14,18-19H,3,5,9-13,15-17H2. The zero-order valence-electron chi connectivity index (χ0n) is 18.2. The number of carbonyl (C=O) groups is 1. The monoisotopic (exact) mass is 467 g/mol. The van der Waals surface area contributed by atoms with Gasteiger partial charge in [-0.15, -0.1) is 22.7 Å². The first-order valence-electron chi connectivity index (χ1n) is 11.4. The summed E-state index contributed by atoms with van der Waals surface area (Å²) in [5.74, 6) is 1.86. The molecular weight excluding hydrogens is 438 g/mol. The van der Waals surface area contributed by atoms with Crippen LogP contribution in [0.5, 0.6) is 0 Å². The van der Waals surface area contributed by atoms with Crippen LogP contribution in [0, 0.1) is 5.92 Å². The zero-order chi connectivity index (χ0) is 21.8. The summed E-state index contributed by atoms with van der Waals surface area (Å²) in [5.41, 5.74) is 0.899. The van der Waals surface area contributed by atoms with Gasteiger partial charge in [-0.2, -0.15) is 0 Å². The molecule has 2 aliphatic rings. The van der Waals surface area contributed by atoms with Crippen molar-refractivity contribution in [1.29, 1.82) is 0 Å². The van der Waals surface area contributed by atoms with Crippen LogP contribution in [-0.2, 0) is 11.2 Å². The van der Waals surface area contributed by atoms with Gasteiger partial charge >= 0.3 is 0 Å². The van der Waals surface area contributed by atoms with Crippen LogP contribution in [0.2, 0.25) is 0 Å². The number of thiophene rings is 1. The number of rotatable bonds is 6. The molecule has 1 atom stereocenters. The highest BCUT2D eigenvalue weighted by Gasteiger charge is 2.27. The van der Waals surface area contributed by atoms with Crippen molar-refractivity contribution >= 4 is 34.4 Å². The molecule has 8 heteroatoms. The molecule has 32 heavy (non-hydrogen) atoms. The molecule has 3 aromatic heterocycles. The molecule has 2 aliphatic heterocycles. The van der Waals surface area contributed by atoms with E-state index in [-0.39, 0.29) is 5.91 Å². The Kier molecular flexibility index (Phi) is 6.80. The molecule has 3 aromatic rings. The molecule has 5 heterocycles. The van der Waals surface area contributed by atoms with E-state index >= 15 is 0 Å². The topological polar surface area (TPSA) is 52.6 Å². The van der Waals surface area contributed by atoms with Crippen molar-refractivity contribution in [2.75, 3.05) is 50.7 Å². The lowest BCUT2D eigenvalue weighted by Gasteiger charge is -2.39. The molecule has 0 saturated carbocycles. The number of aromatic nitrogens is 2. The van der Waals surface area contributed by atoms with Crippen molar-refractivity contribution in [3.8, 4) is 9.88 Å². The minimum absolute atomic E-state index is 0.220. The van der Waals surface area contributed by atoms with Crippen molar-refractivity contribution in [3.63, 3.8) is 0 Å². The van der Waals surface area contributed by atoms with Crippen LogP contribution in [-0.4, -0.2) is 71.5 Å². The largest absolute Gasteiger partial charge is 0.354 e. The first kappa shape index (κ1) is 21.6. The van der Waals surface area contributed by atoms with Gasteiger partial charge in [0.1, 0.15) is 10.8 Å². The Morgan fingerprint density at radius 1 is 1.06 bits per heavy atom. The molecule has 0 bridgehead atoms. The number of hydrogen-bond donors (Lipinski definition) is 0. The van der Waals surface area contributed by atoms with Gasteiger partial charge in [0.15, 0.2) is 0 Å². The second-order valence-corrected chi connectivity index (χ2v) is 10.4. The van der Waals surface area contributed by atoms with E-state index in [1.165, 1.54) is 11.3 Å². The maximum atomic E-state index is 13.0. The van der Waals surface area contributed by atoms with Crippen molar-refractivity contribution in [2.24, 2.45) is 5.92 Å². The summed E-state index contributed by atoms with van der Waals surface area (Å²) in [5, 5.41) is 5.12. The molecule has 2 fully saturated rings. The Labute approximate surface area is 197 Å². The van der Waals surface area contributed by atoms with E-state index in [2.05, 4.69) is 43.3 Å². The normalized spacial score (nSPS) is 19.9. The predicted molar refractivity (Wildman–Crippen MR) is 131 cm³/mol. The van der Waals surface area contributed by atoms with Gasteiger partial charge in [0.2, 0.25) is 5.91 Å². The number of likely N-dealkylation sites (tertiary alicyclic amines) is 1. The number of amides is 1. The number of anilines is 1. The number of thiazole rings is 1. The Bertz CT molecular complexity index is 999. The fourth-order valence-electron chi connectivity index (χ4n) is 4.67. The molecule has 0 aromatic carbocycles. The fraction of sp³-hybridized carbons (Fsp3) is 0.458. The number of carbonyl (C=O) groups excluding carboxylic acids is 1. The lowest BCUT2D eigenvalue weighted by molar-refractivity contribution is -0.132. The lowest BCUT2D eigenvalue weighted by atomic mass is 9.96. The van der Waals surface area contributed by atoms with Gasteiger partial charge in [0.05, 0.1) is 17.0 Å². The average Bonchev–Trinajstić information content (AvgIpc) is 3.53. The highest BCUT2D eigenvalue weighted by Crippen LogP contribution is 2.28. The first-order valence-corrected chi connectivity index (χ1v) is 13.1. The predicted octanol–water partition coefficient (Wildman–Crippen LogP) is 3.87. The summed E-state index contributed by atoms with van der Waals surface area (Å²) in [6.45, 7) is 6.99. The summed E-state index contributed by atoms with van der Waals surface area (Å²) >= 11 is 3.33. The van der Waals surface area contributed by atoms with Crippen molar-refractivity contribution in [1.82, 2.24) is 19.8 Å². The van der Waals surface area contributed by atoms with Crippen LogP contribution in [0.25, 0.3) is 9.88 Å². The molecule has 0 aliphatic carbocycles. The van der Waals surface area contributed by atoms with Crippen molar-refractivity contribution in [3.05, 3.63) is 53.0 Å². The van der Waals surface area contributed by atoms with Gasteiger partial charge in [-0.25, -0.2) is 9.97 Å². The minimum Gasteiger partial charge on any atom is -0.354 e. The van der Waals surface area contributed by atoms with E-state index in [0.717, 1.165) is 68.8 Å². The summed E-state index contributed by atoms with van der Waals surface area (Å²) in [7, 11) is 0. The zero-order valence-corrected chi connectivity index (χ0v) is 19.9. The van der Waals surface area contributed by atoms with Crippen LogP contribution >= 0.6 is 22.7 Å². The van der Waals surface area contributed by atoms with Gasteiger partial charge < -0.3 is 9.80 Å². The molecule has 6 nitrogen and oxygen atoms in total. The smallest absolute Gasteiger partial charge is 0.228 e. The average molecular weight is 468 g/mol. The van der Waals surface area contributed by atoms with E-state index < -0.39 is 0 Å². The van der Waals surface area contributed by atoms with Crippen LogP contribution < -0.4 is 4.90 Å². The Morgan fingerprint density at radius 3 is 2.75 bits per heavy atom. The third-order valence-electron chi connectivity index (χ3n) is 6.35. The van der Waals surface area contributed by atoms with Crippen molar-refractivity contribution < 1.29 is 4.79 Å². The molecule has 0 N–H and O–H groups in total. The highest BCUT2D eigenvalue weighted by atomic mass is 32.1. The van der Waals surface area contributed by atoms with Crippen LogP contribution in [0.4, 0.5) is 5.82 Å². The summed E-state index contributed by atoms with van der Waals surface area (Å²) in [6, 6.07) is 10.2. The second-order valence-electron chi connectivity index (χ2n) is 8.62. The van der Waals surface area contributed by atoms with Crippen LogP contribution in [0.15, 0.2) is 47.3 Å². The molecule has 5 rings (SSSR count). The molecular formula is C24H29N5OS2. The number of hydrogen-bond acceptors (Lipinski definition) is 7. The van der Waals surface area contributed by atoms with E-state index in [4.69, 9.17) is 4.98 Å². The van der Waals surface area contributed by atoms with Gasteiger partial charge in [-0.3, -0.25) is 9.69 Å². The molecule has 168 valence electrons. The van der Waals surface area contributed by atoms with E-state index in [9.17, 15) is 4.79 Å². The Balaban J connectivity index is 1.10. The molecule has 1 unspecified atom stereocenters. The summed E-state index contributed by atoms with van der Waals surface area (Å²) < 4.78 is 0. The number of piperidine rings is 1. The van der Waals surface area contributed by atoms with Gasteiger partial charge in [-0.05, 0) is 42.3 Å². The van der Waals surface area contributed by atoms with E-state index in [0.29, 0.717) is 12.3 Å². The first-order chi connectivity index (χ1) is 15.7. The van der Waals surface area contributed by atoms with Gasteiger partial charge in [-0.1, -0.05) is 12.1 Å². The maximum absolute atomic E-state index is 13.0. The molecule has 0 radical (unpaired) electrons. The molecule has 2 saturated heterocycles. The van der Waals surface area contributed by atoms with Crippen LogP contribution in [0.3, 0.4) is 0 Å². The van der Waals surface area contributed by atoms with E-state index in [1.54, 1.807) is 22.7 Å². The quantitative estimate of drug-likeness (QED) is 0.551. The van der Waals surface area contributed by atoms with Gasteiger partial charge in [0.25, 0.3) is 0 Å². The highest BCUT2D eigenvalue weighted by molar-refractivity contribution is 7.20. The Morgan fingerprint density at radius 2 is 1.97 bits per heavy atom. The summed E-state index contributed by atoms with van der Waals surface area (Å²) in [4.78, 5) is 30.3. The fourth-order valence-corrected chi connectivity index (χ4v) is 6.31. The van der Waals surface area contributed by atoms with E-state index in [1.807, 2.05) is 23.7 Å². The second kappa shape index (κ2) is 10.1. The third kappa shape index (κ3) is 5.19. The number of piperazine rings is 1.